The van der Waals surface area contributed by atoms with Gasteiger partial charge in [-0.15, -0.1) is 0 Å². The van der Waals surface area contributed by atoms with Crippen molar-refractivity contribution in [3.8, 4) is 0 Å². The van der Waals surface area contributed by atoms with Crippen molar-refractivity contribution >= 4 is 0 Å². The molecule has 0 spiro atoms. The molecule has 0 saturated carbocycles. The summed E-state index contributed by atoms with van der Waals surface area (Å²) in [5, 5.41) is 0. The predicted octanol–water partition coefficient (Wildman–Crippen LogP) is 2.52. The predicted molar refractivity (Wildman–Crippen MR) is 68.0 cm³/mol. The van der Waals surface area contributed by atoms with Gasteiger partial charge in [0.1, 0.15) is 0 Å². The fourth-order valence-electron chi connectivity index (χ4n) is 2.52. The zero-order valence-electron chi connectivity index (χ0n) is 10.9. The van der Waals surface area contributed by atoms with Gasteiger partial charge in [-0.25, -0.2) is 8.78 Å². The van der Waals surface area contributed by atoms with Gasteiger partial charge >= 0.3 is 0 Å². The Morgan fingerprint density at radius 1 is 1.33 bits per heavy atom. The lowest BCUT2D eigenvalue weighted by Gasteiger charge is -2.42. The van der Waals surface area contributed by atoms with Crippen LogP contribution in [0.3, 0.4) is 0 Å². The van der Waals surface area contributed by atoms with E-state index in [1.807, 2.05) is 0 Å². The maximum Gasteiger partial charge on any atom is 0.159 e. The number of hydrogen-bond donors (Lipinski definition) is 1. The van der Waals surface area contributed by atoms with Crippen LogP contribution < -0.4 is 5.73 Å². The number of nitrogens with two attached hydrogens (primary N) is 1. The third-order valence-electron chi connectivity index (χ3n) is 3.78. The van der Waals surface area contributed by atoms with E-state index in [1.54, 1.807) is 6.07 Å². The van der Waals surface area contributed by atoms with Crippen molar-refractivity contribution in [2.24, 2.45) is 11.1 Å². The van der Waals surface area contributed by atoms with Crippen molar-refractivity contribution < 1.29 is 8.78 Å². The quantitative estimate of drug-likeness (QED) is 0.878. The van der Waals surface area contributed by atoms with Gasteiger partial charge in [-0.3, -0.25) is 4.90 Å². The van der Waals surface area contributed by atoms with Gasteiger partial charge in [0.25, 0.3) is 0 Å². The first-order chi connectivity index (χ1) is 8.38. The average molecular weight is 254 g/mol. The van der Waals surface area contributed by atoms with E-state index in [0.717, 1.165) is 25.1 Å². The fourth-order valence-corrected chi connectivity index (χ4v) is 2.52. The molecule has 1 unspecified atom stereocenters. The molecule has 2 rings (SSSR count). The summed E-state index contributed by atoms with van der Waals surface area (Å²) < 4.78 is 26.0. The van der Waals surface area contributed by atoms with E-state index in [4.69, 9.17) is 5.73 Å². The van der Waals surface area contributed by atoms with Crippen molar-refractivity contribution in [2.75, 3.05) is 13.1 Å². The molecule has 1 atom stereocenters. The molecule has 4 heteroatoms. The Kier molecular flexibility index (Phi) is 3.69. The number of hydrogen-bond acceptors (Lipinski definition) is 2. The van der Waals surface area contributed by atoms with Crippen LogP contribution in [0.2, 0.25) is 0 Å². The number of nitrogens with zero attached hydrogens (tertiary/aromatic N) is 1. The first-order valence-corrected chi connectivity index (χ1v) is 6.30. The highest BCUT2D eigenvalue weighted by molar-refractivity contribution is 5.17. The third kappa shape index (κ3) is 2.87. The standard InChI is InChI=1S/C14H20F2N2/c1-14(2)9-18(6-5-13(14)17)8-10-3-4-11(15)12(16)7-10/h3-4,7,13H,5-6,8-9,17H2,1-2H3. The molecule has 1 fully saturated rings. The summed E-state index contributed by atoms with van der Waals surface area (Å²) in [7, 11) is 0. The molecule has 1 heterocycles. The van der Waals surface area contributed by atoms with Gasteiger partial charge in [0, 0.05) is 25.7 Å². The number of benzene rings is 1. The van der Waals surface area contributed by atoms with Crippen molar-refractivity contribution in [1.82, 2.24) is 4.90 Å². The molecular formula is C14H20F2N2. The Labute approximate surface area is 107 Å². The molecule has 1 aliphatic rings. The number of halogens is 2. The minimum atomic E-state index is -0.792. The lowest BCUT2D eigenvalue weighted by Crippen LogP contribution is -2.52. The van der Waals surface area contributed by atoms with E-state index >= 15 is 0 Å². The second-order valence-electron chi connectivity index (χ2n) is 5.84. The van der Waals surface area contributed by atoms with Crippen LogP contribution in [0, 0.1) is 17.0 Å². The first kappa shape index (κ1) is 13.4. The zero-order valence-corrected chi connectivity index (χ0v) is 10.9. The van der Waals surface area contributed by atoms with Gasteiger partial charge in [-0.1, -0.05) is 19.9 Å². The van der Waals surface area contributed by atoms with Crippen LogP contribution in [-0.2, 0) is 6.54 Å². The summed E-state index contributed by atoms with van der Waals surface area (Å²) in [5.74, 6) is -1.57. The molecule has 2 N–H and O–H groups in total. The van der Waals surface area contributed by atoms with E-state index in [2.05, 4.69) is 18.7 Å². The molecule has 18 heavy (non-hydrogen) atoms. The largest absolute Gasteiger partial charge is 0.327 e. The van der Waals surface area contributed by atoms with Crippen LogP contribution in [0.5, 0.6) is 0 Å². The van der Waals surface area contributed by atoms with E-state index in [0.29, 0.717) is 6.54 Å². The molecule has 0 aliphatic carbocycles. The molecule has 0 aromatic heterocycles. The van der Waals surface area contributed by atoms with Crippen LogP contribution in [0.1, 0.15) is 25.8 Å². The van der Waals surface area contributed by atoms with Gasteiger partial charge in [0.2, 0.25) is 0 Å². The number of likely N-dealkylation sites (tertiary alicyclic amines) is 1. The second kappa shape index (κ2) is 4.94. The van der Waals surface area contributed by atoms with E-state index in [9.17, 15) is 8.78 Å². The number of rotatable bonds is 2. The summed E-state index contributed by atoms with van der Waals surface area (Å²) in [6, 6.07) is 4.31. The van der Waals surface area contributed by atoms with Crippen LogP contribution >= 0.6 is 0 Å². The van der Waals surface area contributed by atoms with Crippen molar-refractivity contribution in [3.05, 3.63) is 35.4 Å². The van der Waals surface area contributed by atoms with Gasteiger partial charge in [-0.2, -0.15) is 0 Å². The first-order valence-electron chi connectivity index (χ1n) is 6.30. The van der Waals surface area contributed by atoms with Gasteiger partial charge in [0.15, 0.2) is 11.6 Å². The van der Waals surface area contributed by atoms with Crippen LogP contribution in [0.25, 0.3) is 0 Å². The lowest BCUT2D eigenvalue weighted by atomic mass is 9.79. The van der Waals surface area contributed by atoms with Crippen LogP contribution in [0.15, 0.2) is 18.2 Å². The minimum Gasteiger partial charge on any atom is -0.327 e. The van der Waals surface area contributed by atoms with Gasteiger partial charge in [-0.05, 0) is 29.5 Å². The highest BCUT2D eigenvalue weighted by Gasteiger charge is 2.33. The molecule has 0 bridgehead atoms. The smallest absolute Gasteiger partial charge is 0.159 e. The van der Waals surface area contributed by atoms with Crippen molar-refractivity contribution in [2.45, 2.75) is 32.9 Å². The summed E-state index contributed by atoms with van der Waals surface area (Å²) in [6.45, 7) is 6.73. The summed E-state index contributed by atoms with van der Waals surface area (Å²) in [6.07, 6.45) is 0.941. The molecule has 1 aliphatic heterocycles. The highest BCUT2D eigenvalue weighted by atomic mass is 19.2. The lowest BCUT2D eigenvalue weighted by molar-refractivity contribution is 0.0898. The zero-order chi connectivity index (χ0) is 13.3. The number of piperidine rings is 1. The van der Waals surface area contributed by atoms with E-state index < -0.39 is 11.6 Å². The Bertz CT molecular complexity index is 432. The second-order valence-corrected chi connectivity index (χ2v) is 5.84. The third-order valence-corrected chi connectivity index (χ3v) is 3.78. The van der Waals surface area contributed by atoms with Gasteiger partial charge in [0.05, 0.1) is 0 Å². The Hall–Kier alpha value is -1.00. The Balaban J connectivity index is 2.04. The fraction of sp³-hybridized carbons (Fsp3) is 0.571. The van der Waals surface area contributed by atoms with Crippen molar-refractivity contribution in [1.29, 1.82) is 0 Å². The summed E-state index contributed by atoms with van der Waals surface area (Å²) >= 11 is 0. The van der Waals surface area contributed by atoms with Gasteiger partial charge < -0.3 is 5.73 Å². The van der Waals surface area contributed by atoms with Crippen molar-refractivity contribution in [3.63, 3.8) is 0 Å². The SMILES string of the molecule is CC1(C)CN(Cc2ccc(F)c(F)c2)CCC1N. The highest BCUT2D eigenvalue weighted by Crippen LogP contribution is 2.28. The molecule has 0 radical (unpaired) electrons. The average Bonchev–Trinajstić information content (AvgIpc) is 2.28. The Morgan fingerprint density at radius 3 is 2.67 bits per heavy atom. The Morgan fingerprint density at radius 2 is 2.06 bits per heavy atom. The van der Waals surface area contributed by atoms with E-state index in [1.165, 1.54) is 12.1 Å². The summed E-state index contributed by atoms with van der Waals surface area (Å²) in [4.78, 5) is 2.25. The summed E-state index contributed by atoms with van der Waals surface area (Å²) in [5.41, 5.74) is 6.95. The maximum atomic E-state index is 13.1. The maximum absolute atomic E-state index is 13.1. The topological polar surface area (TPSA) is 29.3 Å². The molecule has 1 aromatic carbocycles. The molecule has 1 saturated heterocycles. The van der Waals surface area contributed by atoms with Crippen LogP contribution in [0.4, 0.5) is 8.78 Å². The molecule has 2 nitrogen and oxygen atoms in total. The van der Waals surface area contributed by atoms with Crippen LogP contribution in [-0.4, -0.2) is 24.0 Å². The normalized spacial score (nSPS) is 24.2. The molecule has 0 amide bonds. The molecule has 1 aromatic rings. The molecular weight excluding hydrogens is 234 g/mol. The molecule has 100 valence electrons. The minimum absolute atomic E-state index is 0.0663. The van der Waals surface area contributed by atoms with E-state index in [-0.39, 0.29) is 11.5 Å². The monoisotopic (exact) mass is 254 g/mol.